The van der Waals surface area contributed by atoms with E-state index in [-0.39, 0.29) is 30.9 Å². The van der Waals surface area contributed by atoms with Gasteiger partial charge in [-0.25, -0.2) is 9.78 Å². The molecular weight excluding hydrogens is 538 g/mol. The number of imidazole rings is 1. The van der Waals surface area contributed by atoms with Crippen LogP contribution in [0.5, 0.6) is 0 Å². The Hall–Kier alpha value is -3.18. The number of nitrogens with zero attached hydrogens (tertiary/aromatic N) is 5. The quantitative estimate of drug-likeness (QED) is 0.412. The normalized spacial score (nSPS) is 19.8. The van der Waals surface area contributed by atoms with Gasteiger partial charge in [0.05, 0.1) is 36.2 Å². The standard InChI is InChI=1S/C31H47N5O6/c1-22(2)36(29(38)27-32-25-11-7-8-12-26(25)35(27)13-9-10-16-40-6)24-19-23(28(37)33-14-17-41-18-15-33)20-34(21-24)30(39)42-31(3,4)5/h7-8,11-12,22-24H,9-10,13-21H2,1-6H3/t23-,24+/m1/s1. The molecule has 0 unspecified atom stereocenters. The van der Waals surface area contributed by atoms with Crippen molar-refractivity contribution in [2.24, 2.45) is 5.92 Å². The highest BCUT2D eigenvalue weighted by Crippen LogP contribution is 2.28. The van der Waals surface area contributed by atoms with E-state index in [1.54, 1.807) is 12.0 Å². The third kappa shape index (κ3) is 7.60. The lowest BCUT2D eigenvalue weighted by Crippen LogP contribution is -2.59. The van der Waals surface area contributed by atoms with Crippen molar-refractivity contribution in [1.29, 1.82) is 0 Å². The molecule has 2 aromatic rings. The summed E-state index contributed by atoms with van der Waals surface area (Å²) in [5.41, 5.74) is 0.978. The van der Waals surface area contributed by atoms with Gasteiger partial charge in [0.2, 0.25) is 5.91 Å². The molecule has 0 N–H and O–H groups in total. The number of methoxy groups -OCH3 is 1. The summed E-state index contributed by atoms with van der Waals surface area (Å²) >= 11 is 0. The number of unbranched alkanes of at least 4 members (excludes halogenated alkanes) is 1. The third-order valence-corrected chi connectivity index (χ3v) is 7.76. The molecule has 11 heteroatoms. The fourth-order valence-electron chi connectivity index (χ4n) is 5.89. The molecule has 0 spiro atoms. The fraction of sp³-hybridized carbons (Fsp3) is 0.677. The highest BCUT2D eigenvalue weighted by Gasteiger charge is 2.42. The lowest BCUT2D eigenvalue weighted by atomic mass is 9.91. The van der Waals surface area contributed by atoms with Crippen molar-refractivity contribution in [1.82, 2.24) is 24.3 Å². The van der Waals surface area contributed by atoms with E-state index >= 15 is 0 Å². The van der Waals surface area contributed by atoms with Crippen LogP contribution in [0.25, 0.3) is 11.0 Å². The number of ether oxygens (including phenoxy) is 3. The Kier molecular flexibility index (Phi) is 10.5. The van der Waals surface area contributed by atoms with Gasteiger partial charge in [0, 0.05) is 52.5 Å². The van der Waals surface area contributed by atoms with Gasteiger partial charge >= 0.3 is 6.09 Å². The fourth-order valence-corrected chi connectivity index (χ4v) is 5.89. The lowest BCUT2D eigenvalue weighted by Gasteiger charge is -2.44. The maximum absolute atomic E-state index is 14.4. The number of hydrogen-bond acceptors (Lipinski definition) is 7. The van der Waals surface area contributed by atoms with Crippen molar-refractivity contribution in [3.8, 4) is 0 Å². The monoisotopic (exact) mass is 585 g/mol. The molecule has 3 amide bonds. The highest BCUT2D eigenvalue weighted by molar-refractivity contribution is 5.95. The summed E-state index contributed by atoms with van der Waals surface area (Å²) in [6, 6.07) is 7.18. The van der Waals surface area contributed by atoms with Gasteiger partial charge < -0.3 is 33.5 Å². The van der Waals surface area contributed by atoms with Crippen molar-refractivity contribution in [3.63, 3.8) is 0 Å². The number of likely N-dealkylation sites (tertiary alicyclic amines) is 1. The SMILES string of the molecule is COCCCCn1c(C(=O)N(C(C)C)[C@H]2C[C@@H](C(=O)N3CCOCC3)CN(C(=O)OC(C)(C)C)C2)nc2ccccc21. The lowest BCUT2D eigenvalue weighted by molar-refractivity contribution is -0.142. The number of fused-ring (bicyclic) bond motifs is 1. The topological polar surface area (TPSA) is 106 Å². The van der Waals surface area contributed by atoms with Gasteiger partial charge in [0.25, 0.3) is 5.91 Å². The summed E-state index contributed by atoms with van der Waals surface area (Å²) in [4.78, 5) is 51.4. The van der Waals surface area contributed by atoms with Crippen LogP contribution >= 0.6 is 0 Å². The van der Waals surface area contributed by atoms with Crippen LogP contribution in [0, 0.1) is 5.92 Å². The Morgan fingerprint density at radius 1 is 1.07 bits per heavy atom. The van der Waals surface area contributed by atoms with Gasteiger partial charge in [0.15, 0.2) is 5.82 Å². The van der Waals surface area contributed by atoms with Crippen LogP contribution in [-0.2, 0) is 25.5 Å². The average molecular weight is 586 g/mol. The van der Waals surface area contributed by atoms with Crippen LogP contribution in [0.2, 0.25) is 0 Å². The number of aryl methyl sites for hydroxylation is 1. The second-order valence-electron chi connectivity index (χ2n) is 12.5. The molecular formula is C31H47N5O6. The second-order valence-corrected chi connectivity index (χ2v) is 12.5. The van der Waals surface area contributed by atoms with Gasteiger partial charge in [-0.05, 0) is 66.0 Å². The maximum atomic E-state index is 14.4. The van der Waals surface area contributed by atoms with Gasteiger partial charge in [-0.1, -0.05) is 12.1 Å². The molecule has 2 aliphatic rings. The zero-order valence-electron chi connectivity index (χ0n) is 26.0. The number of amides is 3. The van der Waals surface area contributed by atoms with Gasteiger partial charge in [0.1, 0.15) is 5.60 Å². The zero-order valence-corrected chi connectivity index (χ0v) is 26.0. The first kappa shape index (κ1) is 31.7. The average Bonchev–Trinajstić information content (AvgIpc) is 3.33. The summed E-state index contributed by atoms with van der Waals surface area (Å²) in [6.07, 6.45) is 1.67. The molecule has 2 saturated heterocycles. The van der Waals surface area contributed by atoms with Crippen molar-refractivity contribution < 1.29 is 28.6 Å². The third-order valence-electron chi connectivity index (χ3n) is 7.76. The molecule has 42 heavy (non-hydrogen) atoms. The van der Waals surface area contributed by atoms with E-state index in [0.29, 0.717) is 51.7 Å². The van der Waals surface area contributed by atoms with Crippen LogP contribution in [0.3, 0.4) is 0 Å². The number of morpholine rings is 1. The molecule has 232 valence electrons. The molecule has 0 aliphatic carbocycles. The van der Waals surface area contributed by atoms with Crippen molar-refractivity contribution in [2.45, 2.75) is 78.1 Å². The minimum atomic E-state index is -0.686. The second kappa shape index (κ2) is 13.9. The van der Waals surface area contributed by atoms with E-state index in [2.05, 4.69) is 0 Å². The minimum Gasteiger partial charge on any atom is -0.444 e. The Labute approximate surface area is 249 Å². The van der Waals surface area contributed by atoms with E-state index in [0.717, 1.165) is 23.9 Å². The zero-order chi connectivity index (χ0) is 30.4. The predicted molar refractivity (Wildman–Crippen MR) is 159 cm³/mol. The number of carbonyl (C=O) groups excluding carboxylic acids is 3. The minimum absolute atomic E-state index is 0.0157. The molecule has 0 saturated carbocycles. The van der Waals surface area contributed by atoms with Gasteiger partial charge in [-0.15, -0.1) is 0 Å². The first-order valence-corrected chi connectivity index (χ1v) is 15.1. The van der Waals surface area contributed by atoms with E-state index in [4.69, 9.17) is 19.2 Å². The van der Waals surface area contributed by atoms with Crippen molar-refractivity contribution in [3.05, 3.63) is 30.1 Å². The Morgan fingerprint density at radius 2 is 1.79 bits per heavy atom. The number of benzene rings is 1. The summed E-state index contributed by atoms with van der Waals surface area (Å²) in [7, 11) is 1.68. The number of piperidine rings is 1. The summed E-state index contributed by atoms with van der Waals surface area (Å²) in [6.45, 7) is 13.2. The predicted octanol–water partition coefficient (Wildman–Crippen LogP) is 3.80. The molecule has 3 heterocycles. The number of carbonyl (C=O) groups is 3. The van der Waals surface area contributed by atoms with Gasteiger partial charge in [-0.3, -0.25) is 9.59 Å². The van der Waals surface area contributed by atoms with Crippen LogP contribution in [-0.4, -0.2) is 113 Å². The molecule has 11 nitrogen and oxygen atoms in total. The Bertz CT molecular complexity index is 1230. The Morgan fingerprint density at radius 3 is 2.45 bits per heavy atom. The van der Waals surface area contributed by atoms with Crippen LogP contribution in [0.15, 0.2) is 24.3 Å². The van der Waals surface area contributed by atoms with Crippen molar-refractivity contribution >= 4 is 28.9 Å². The van der Waals surface area contributed by atoms with Crippen LogP contribution < -0.4 is 0 Å². The van der Waals surface area contributed by atoms with E-state index < -0.39 is 23.7 Å². The van der Waals surface area contributed by atoms with E-state index in [1.165, 1.54) is 0 Å². The highest BCUT2D eigenvalue weighted by atomic mass is 16.6. The molecule has 0 radical (unpaired) electrons. The smallest absolute Gasteiger partial charge is 0.410 e. The molecule has 2 fully saturated rings. The molecule has 2 atom stereocenters. The molecule has 4 rings (SSSR count). The summed E-state index contributed by atoms with van der Waals surface area (Å²) in [5, 5.41) is 0. The number of rotatable bonds is 9. The molecule has 1 aromatic carbocycles. The number of para-hydroxylation sites is 2. The number of aromatic nitrogens is 2. The Balaban J connectivity index is 1.66. The number of hydrogen-bond donors (Lipinski definition) is 0. The van der Waals surface area contributed by atoms with E-state index in [1.807, 2.05) is 73.3 Å². The summed E-state index contributed by atoms with van der Waals surface area (Å²) < 4.78 is 18.4. The van der Waals surface area contributed by atoms with Gasteiger partial charge in [-0.2, -0.15) is 0 Å². The van der Waals surface area contributed by atoms with Crippen LogP contribution in [0.1, 0.15) is 64.5 Å². The molecule has 0 bridgehead atoms. The van der Waals surface area contributed by atoms with Crippen LogP contribution in [0.4, 0.5) is 4.79 Å². The largest absolute Gasteiger partial charge is 0.444 e. The first-order valence-electron chi connectivity index (χ1n) is 15.1. The first-order chi connectivity index (χ1) is 20.0. The summed E-state index contributed by atoms with van der Waals surface area (Å²) in [5.74, 6) is -0.316. The van der Waals surface area contributed by atoms with Crippen molar-refractivity contribution in [2.75, 3.05) is 53.1 Å². The molecule has 2 aliphatic heterocycles. The van der Waals surface area contributed by atoms with E-state index in [9.17, 15) is 14.4 Å². The molecule has 1 aromatic heterocycles. The maximum Gasteiger partial charge on any atom is 0.410 e.